The first-order valence-corrected chi connectivity index (χ1v) is 14.8. The van der Waals surface area contributed by atoms with Gasteiger partial charge < -0.3 is 9.80 Å². The Labute approximate surface area is 213 Å². The van der Waals surface area contributed by atoms with Crippen molar-refractivity contribution in [2.45, 2.75) is 115 Å². The Bertz CT molecular complexity index is 434. The molecule has 1 aliphatic rings. The monoisotopic (exact) mass is 516 g/mol. The van der Waals surface area contributed by atoms with Crippen molar-refractivity contribution in [2.24, 2.45) is 11.3 Å². The second kappa shape index (κ2) is 23.9. The quantitative estimate of drug-likeness (QED) is 0.199. The molecule has 194 valence electrons. The van der Waals surface area contributed by atoms with Gasteiger partial charge in [0.15, 0.2) is 0 Å². The van der Waals surface area contributed by atoms with Crippen molar-refractivity contribution in [3.8, 4) is 0 Å². The van der Waals surface area contributed by atoms with E-state index in [2.05, 4.69) is 80.8 Å². The fraction of sp³-hybridized carbons (Fsp3) is 0.862. The Morgan fingerprint density at radius 1 is 0.938 bits per heavy atom. The molecule has 1 rings (SSSR count). The molecule has 32 heavy (non-hydrogen) atoms. The highest BCUT2D eigenvalue weighted by molar-refractivity contribution is 9.09. The fourth-order valence-electron chi connectivity index (χ4n) is 4.41. The fourth-order valence-corrected chi connectivity index (χ4v) is 4.41. The van der Waals surface area contributed by atoms with E-state index in [1.807, 2.05) is 27.7 Å². The van der Waals surface area contributed by atoms with Crippen molar-refractivity contribution < 1.29 is 0 Å². The molecule has 0 aromatic carbocycles. The standard InChI is InChI=1S/C22H44N2.C3H5Br.2C2H6/c1-8-13-22(6,7)14-12-19(5)20(9-2)21(10-3)24-17-15-23(11-4)16-18-24;1-2-3-4;2*1-2/h19H,8-18H2,1-7H3;2H,1,3H2;2*1-2H3/b21-20-;;;. The highest BCUT2D eigenvalue weighted by atomic mass is 79.9. The molecule has 3 heteroatoms. The van der Waals surface area contributed by atoms with Crippen LogP contribution in [0.25, 0.3) is 0 Å². The molecule has 2 nitrogen and oxygen atoms in total. The highest BCUT2D eigenvalue weighted by Gasteiger charge is 2.23. The predicted octanol–water partition coefficient (Wildman–Crippen LogP) is 9.56. The van der Waals surface area contributed by atoms with Gasteiger partial charge in [0, 0.05) is 37.2 Å². The Kier molecular flexibility index (Phi) is 27.1. The number of hydrogen-bond donors (Lipinski definition) is 0. The summed E-state index contributed by atoms with van der Waals surface area (Å²) in [4.78, 5) is 5.27. The van der Waals surface area contributed by atoms with Crippen LogP contribution in [0.3, 0.4) is 0 Å². The van der Waals surface area contributed by atoms with Gasteiger partial charge in [0.1, 0.15) is 0 Å². The average Bonchev–Trinajstić information content (AvgIpc) is 2.83. The van der Waals surface area contributed by atoms with Gasteiger partial charge in [-0.15, -0.1) is 6.58 Å². The van der Waals surface area contributed by atoms with Crippen molar-refractivity contribution in [1.82, 2.24) is 9.80 Å². The third kappa shape index (κ3) is 16.4. The van der Waals surface area contributed by atoms with Crippen LogP contribution in [0, 0.1) is 11.3 Å². The van der Waals surface area contributed by atoms with Crippen molar-refractivity contribution in [3.05, 3.63) is 23.9 Å². The number of piperazine rings is 1. The summed E-state index contributed by atoms with van der Waals surface area (Å²) in [6.07, 6.45) is 9.55. The van der Waals surface area contributed by atoms with E-state index in [0.717, 1.165) is 11.2 Å². The summed E-state index contributed by atoms with van der Waals surface area (Å²) in [5.41, 5.74) is 3.89. The van der Waals surface area contributed by atoms with Gasteiger partial charge >= 0.3 is 0 Å². The molecule has 1 heterocycles. The number of allylic oxidation sites excluding steroid dienone is 3. The zero-order chi connectivity index (χ0) is 25.6. The molecule has 0 saturated carbocycles. The minimum absolute atomic E-state index is 0.501. The number of rotatable bonds is 11. The van der Waals surface area contributed by atoms with Gasteiger partial charge in [-0.05, 0) is 55.6 Å². The van der Waals surface area contributed by atoms with Crippen LogP contribution in [-0.4, -0.2) is 47.9 Å². The number of nitrogens with zero attached hydrogens (tertiary/aromatic N) is 2. The van der Waals surface area contributed by atoms with Crippen molar-refractivity contribution >= 4 is 15.9 Å². The Balaban J connectivity index is -0.000000920. The van der Waals surface area contributed by atoms with Gasteiger partial charge in [0.05, 0.1) is 0 Å². The minimum Gasteiger partial charge on any atom is -0.372 e. The average molecular weight is 518 g/mol. The maximum absolute atomic E-state index is 3.43. The molecule has 0 aromatic rings. The zero-order valence-electron chi connectivity index (χ0n) is 24.1. The summed E-state index contributed by atoms with van der Waals surface area (Å²) in [7, 11) is 0. The van der Waals surface area contributed by atoms with Crippen molar-refractivity contribution in [2.75, 3.05) is 38.1 Å². The maximum Gasteiger partial charge on any atom is 0.0303 e. The first kappa shape index (κ1) is 36.3. The van der Waals surface area contributed by atoms with Gasteiger partial charge in [0.25, 0.3) is 0 Å². The van der Waals surface area contributed by atoms with E-state index < -0.39 is 0 Å². The summed E-state index contributed by atoms with van der Waals surface area (Å²) < 4.78 is 0. The number of likely N-dealkylation sites (N-methyl/N-ethyl adjacent to an activating group) is 1. The SMILES string of the molecule is C=CCBr.CC.CC.CCCC(C)(C)CCC(C)/C(CC)=C(/CC)N1CCN(CC)CC1. The molecule has 1 atom stereocenters. The van der Waals surface area contributed by atoms with E-state index in [4.69, 9.17) is 0 Å². The van der Waals surface area contributed by atoms with Crippen LogP contribution < -0.4 is 0 Å². The zero-order valence-corrected chi connectivity index (χ0v) is 25.7. The van der Waals surface area contributed by atoms with E-state index in [1.54, 1.807) is 17.3 Å². The summed E-state index contributed by atoms with van der Waals surface area (Å²) in [5.74, 6) is 0.727. The number of alkyl halides is 1. The summed E-state index contributed by atoms with van der Waals surface area (Å²) in [6.45, 7) is 34.2. The van der Waals surface area contributed by atoms with E-state index >= 15 is 0 Å². The molecule has 1 aliphatic heterocycles. The molecular weight excluding hydrogens is 456 g/mol. The van der Waals surface area contributed by atoms with Crippen LogP contribution in [0.4, 0.5) is 0 Å². The van der Waals surface area contributed by atoms with Crippen LogP contribution in [-0.2, 0) is 0 Å². The van der Waals surface area contributed by atoms with Crippen LogP contribution in [0.2, 0.25) is 0 Å². The Hall–Kier alpha value is -0.280. The van der Waals surface area contributed by atoms with Crippen LogP contribution >= 0.6 is 15.9 Å². The van der Waals surface area contributed by atoms with E-state index in [1.165, 1.54) is 71.2 Å². The molecule has 0 aromatic heterocycles. The lowest BCUT2D eigenvalue weighted by Crippen LogP contribution is -2.45. The lowest BCUT2D eigenvalue weighted by molar-refractivity contribution is 0.160. The van der Waals surface area contributed by atoms with E-state index in [0.29, 0.717) is 5.41 Å². The predicted molar refractivity (Wildman–Crippen MR) is 155 cm³/mol. The molecule has 1 fully saturated rings. The molecule has 0 spiro atoms. The Morgan fingerprint density at radius 2 is 1.44 bits per heavy atom. The second-order valence-corrected chi connectivity index (χ2v) is 9.54. The lowest BCUT2D eigenvalue weighted by Gasteiger charge is -2.39. The molecule has 0 N–H and O–H groups in total. The first-order valence-electron chi connectivity index (χ1n) is 13.7. The largest absolute Gasteiger partial charge is 0.372 e. The van der Waals surface area contributed by atoms with E-state index in [9.17, 15) is 0 Å². The van der Waals surface area contributed by atoms with Crippen molar-refractivity contribution in [1.29, 1.82) is 0 Å². The Morgan fingerprint density at radius 3 is 1.78 bits per heavy atom. The summed E-state index contributed by atoms with van der Waals surface area (Å²) >= 11 is 3.13. The van der Waals surface area contributed by atoms with Gasteiger partial charge in [0.2, 0.25) is 0 Å². The van der Waals surface area contributed by atoms with Gasteiger partial charge in [-0.1, -0.05) is 105 Å². The van der Waals surface area contributed by atoms with Gasteiger partial charge in [-0.25, -0.2) is 0 Å². The maximum atomic E-state index is 3.43. The normalized spacial score (nSPS) is 15.7. The highest BCUT2D eigenvalue weighted by Crippen LogP contribution is 2.34. The molecule has 1 unspecified atom stereocenters. The number of hydrogen-bond acceptors (Lipinski definition) is 2. The third-order valence-electron chi connectivity index (χ3n) is 6.17. The molecular formula is C29H61BrN2. The van der Waals surface area contributed by atoms with Gasteiger partial charge in [-0.2, -0.15) is 0 Å². The van der Waals surface area contributed by atoms with Gasteiger partial charge in [-0.3, -0.25) is 0 Å². The topological polar surface area (TPSA) is 6.48 Å². The number of halogens is 1. The molecule has 0 bridgehead atoms. The van der Waals surface area contributed by atoms with E-state index in [-0.39, 0.29) is 0 Å². The third-order valence-corrected chi connectivity index (χ3v) is 6.63. The van der Waals surface area contributed by atoms with Crippen LogP contribution in [0.5, 0.6) is 0 Å². The molecule has 0 amide bonds. The smallest absolute Gasteiger partial charge is 0.0303 e. The van der Waals surface area contributed by atoms with Crippen LogP contribution in [0.15, 0.2) is 23.9 Å². The molecule has 0 radical (unpaired) electrons. The minimum atomic E-state index is 0.501. The van der Waals surface area contributed by atoms with Crippen LogP contribution in [0.1, 0.15) is 115 Å². The molecule has 1 saturated heterocycles. The lowest BCUT2D eigenvalue weighted by atomic mass is 9.79. The second-order valence-electron chi connectivity index (χ2n) is 8.90. The molecule has 0 aliphatic carbocycles. The summed E-state index contributed by atoms with van der Waals surface area (Å²) in [6, 6.07) is 0. The summed E-state index contributed by atoms with van der Waals surface area (Å²) in [5, 5.41) is 0.896. The first-order chi connectivity index (χ1) is 15.3. The van der Waals surface area contributed by atoms with Crippen molar-refractivity contribution in [3.63, 3.8) is 0 Å².